The Kier molecular flexibility index (Phi) is 1.96. The number of rotatable bonds is 2. The molecule has 0 aliphatic rings. The summed E-state index contributed by atoms with van der Waals surface area (Å²) >= 11 is 0. The number of halogens is 1. The first-order valence-corrected chi connectivity index (χ1v) is 4.13. The van der Waals surface area contributed by atoms with E-state index >= 15 is 0 Å². The molecule has 0 saturated heterocycles. The highest BCUT2D eigenvalue weighted by atomic mass is 19.1. The molecule has 2 rings (SSSR count). The Morgan fingerprint density at radius 1 is 1.43 bits per heavy atom. The lowest BCUT2D eigenvalue weighted by Crippen LogP contribution is -2.07. The number of fused-ring (bicyclic) bond motifs is 1. The lowest BCUT2D eigenvalue weighted by Gasteiger charge is -2.01. The third-order valence-corrected chi connectivity index (χ3v) is 2.04. The molecule has 2 aromatic rings. The van der Waals surface area contributed by atoms with Crippen molar-refractivity contribution < 1.29 is 14.3 Å². The van der Waals surface area contributed by atoms with Gasteiger partial charge in [0.2, 0.25) is 0 Å². The SMILES string of the molecule is O=C(O)Cn1ccc2cccc(F)c21. The van der Waals surface area contributed by atoms with Crippen molar-refractivity contribution in [3.05, 3.63) is 36.3 Å². The first kappa shape index (κ1) is 8.74. The third-order valence-electron chi connectivity index (χ3n) is 2.04. The van der Waals surface area contributed by atoms with E-state index in [1.807, 2.05) is 0 Å². The minimum Gasteiger partial charge on any atom is -0.480 e. The summed E-state index contributed by atoms with van der Waals surface area (Å²) in [5.41, 5.74) is 0.343. The first-order chi connectivity index (χ1) is 6.68. The van der Waals surface area contributed by atoms with Crippen LogP contribution in [0.3, 0.4) is 0 Å². The van der Waals surface area contributed by atoms with E-state index in [1.54, 1.807) is 24.4 Å². The molecule has 1 heterocycles. The van der Waals surface area contributed by atoms with Crippen molar-refractivity contribution in [3.8, 4) is 0 Å². The number of aromatic nitrogens is 1. The summed E-state index contributed by atoms with van der Waals surface area (Å²) in [4.78, 5) is 10.5. The van der Waals surface area contributed by atoms with Gasteiger partial charge in [-0.2, -0.15) is 0 Å². The molecule has 0 saturated carbocycles. The Morgan fingerprint density at radius 2 is 2.21 bits per heavy atom. The lowest BCUT2D eigenvalue weighted by molar-refractivity contribution is -0.137. The van der Waals surface area contributed by atoms with Crippen LogP contribution < -0.4 is 0 Å². The van der Waals surface area contributed by atoms with Crippen LogP contribution in [0.1, 0.15) is 0 Å². The monoisotopic (exact) mass is 193 g/mol. The Bertz CT molecular complexity index is 490. The quantitative estimate of drug-likeness (QED) is 0.791. The van der Waals surface area contributed by atoms with Crippen LogP contribution in [0.2, 0.25) is 0 Å². The standard InChI is InChI=1S/C10H8FNO2/c11-8-3-1-2-7-4-5-12(10(7)8)6-9(13)14/h1-5H,6H2,(H,13,14). The molecule has 1 aromatic heterocycles. The number of benzene rings is 1. The van der Waals surface area contributed by atoms with Crippen molar-refractivity contribution in [1.29, 1.82) is 0 Å². The smallest absolute Gasteiger partial charge is 0.323 e. The predicted octanol–water partition coefficient (Wildman–Crippen LogP) is 1.87. The van der Waals surface area contributed by atoms with Crippen LogP contribution in [0.25, 0.3) is 10.9 Å². The van der Waals surface area contributed by atoms with Crippen molar-refractivity contribution in [2.45, 2.75) is 6.54 Å². The fraction of sp³-hybridized carbons (Fsp3) is 0.100. The minimum atomic E-state index is -0.981. The van der Waals surface area contributed by atoms with Crippen LogP contribution in [0.5, 0.6) is 0 Å². The Hall–Kier alpha value is -1.84. The van der Waals surface area contributed by atoms with E-state index in [4.69, 9.17) is 5.11 Å². The summed E-state index contributed by atoms with van der Waals surface area (Å²) < 4.78 is 14.7. The summed E-state index contributed by atoms with van der Waals surface area (Å²) in [7, 11) is 0. The van der Waals surface area contributed by atoms with Gasteiger partial charge in [0.1, 0.15) is 12.4 Å². The topological polar surface area (TPSA) is 42.2 Å². The highest BCUT2D eigenvalue weighted by Crippen LogP contribution is 2.18. The first-order valence-electron chi connectivity index (χ1n) is 4.13. The molecule has 1 N–H and O–H groups in total. The maximum atomic E-state index is 13.3. The zero-order valence-electron chi connectivity index (χ0n) is 7.27. The molecule has 0 bridgehead atoms. The van der Waals surface area contributed by atoms with E-state index in [-0.39, 0.29) is 6.54 Å². The van der Waals surface area contributed by atoms with E-state index in [0.29, 0.717) is 10.9 Å². The fourth-order valence-corrected chi connectivity index (χ4v) is 1.49. The Labute approximate surface area is 79.4 Å². The van der Waals surface area contributed by atoms with E-state index in [9.17, 15) is 9.18 Å². The van der Waals surface area contributed by atoms with Crippen LogP contribution in [-0.2, 0) is 11.3 Å². The van der Waals surface area contributed by atoms with E-state index < -0.39 is 11.8 Å². The highest BCUT2D eigenvalue weighted by molar-refractivity contribution is 5.82. The van der Waals surface area contributed by atoms with Gasteiger partial charge in [-0.3, -0.25) is 4.79 Å². The second-order valence-corrected chi connectivity index (χ2v) is 3.02. The molecule has 0 atom stereocenters. The van der Waals surface area contributed by atoms with Gasteiger partial charge < -0.3 is 9.67 Å². The van der Waals surface area contributed by atoms with Crippen LogP contribution in [0, 0.1) is 5.82 Å². The van der Waals surface area contributed by atoms with Gasteiger partial charge in [0.15, 0.2) is 0 Å². The Balaban J connectivity index is 2.61. The number of carbonyl (C=O) groups is 1. The molecule has 0 aliphatic carbocycles. The van der Waals surface area contributed by atoms with Crippen LogP contribution >= 0.6 is 0 Å². The van der Waals surface area contributed by atoms with Gasteiger partial charge in [0.05, 0.1) is 5.52 Å². The second-order valence-electron chi connectivity index (χ2n) is 3.02. The zero-order valence-corrected chi connectivity index (χ0v) is 7.27. The van der Waals surface area contributed by atoms with Crippen molar-refractivity contribution in [1.82, 2.24) is 4.57 Å². The van der Waals surface area contributed by atoms with Crippen molar-refractivity contribution in [2.24, 2.45) is 0 Å². The van der Waals surface area contributed by atoms with Gasteiger partial charge in [0.25, 0.3) is 0 Å². The summed E-state index contributed by atoms with van der Waals surface area (Å²) in [5, 5.41) is 9.31. The lowest BCUT2D eigenvalue weighted by atomic mass is 10.2. The van der Waals surface area contributed by atoms with Crippen LogP contribution in [0.4, 0.5) is 4.39 Å². The predicted molar refractivity (Wildman–Crippen MR) is 49.5 cm³/mol. The maximum Gasteiger partial charge on any atom is 0.323 e. The number of hydrogen-bond acceptors (Lipinski definition) is 1. The molecule has 3 nitrogen and oxygen atoms in total. The van der Waals surface area contributed by atoms with Gasteiger partial charge in [-0.25, -0.2) is 4.39 Å². The molecule has 0 aliphatic heterocycles. The molecule has 72 valence electrons. The highest BCUT2D eigenvalue weighted by Gasteiger charge is 2.07. The number of nitrogens with zero attached hydrogens (tertiary/aromatic N) is 1. The largest absolute Gasteiger partial charge is 0.480 e. The second kappa shape index (κ2) is 3.14. The fourth-order valence-electron chi connectivity index (χ4n) is 1.49. The molecular formula is C10H8FNO2. The molecule has 1 aromatic carbocycles. The summed E-state index contributed by atoms with van der Waals surface area (Å²) in [5.74, 6) is -1.38. The minimum absolute atomic E-state index is 0.218. The summed E-state index contributed by atoms with van der Waals surface area (Å²) in [6, 6.07) is 6.36. The summed E-state index contributed by atoms with van der Waals surface area (Å²) in [6.45, 7) is -0.218. The average molecular weight is 193 g/mol. The average Bonchev–Trinajstić information content (AvgIpc) is 2.49. The number of carboxylic acid groups (broad SMARTS) is 1. The van der Waals surface area contributed by atoms with Crippen LogP contribution in [-0.4, -0.2) is 15.6 Å². The molecule has 14 heavy (non-hydrogen) atoms. The number of aliphatic carboxylic acids is 1. The van der Waals surface area contributed by atoms with Crippen LogP contribution in [0.15, 0.2) is 30.5 Å². The molecular weight excluding hydrogens is 185 g/mol. The molecule has 4 heteroatoms. The van der Waals surface area contributed by atoms with Crippen molar-refractivity contribution in [2.75, 3.05) is 0 Å². The Morgan fingerprint density at radius 3 is 2.93 bits per heavy atom. The van der Waals surface area contributed by atoms with E-state index in [1.165, 1.54) is 10.6 Å². The molecule has 0 radical (unpaired) electrons. The summed E-state index contributed by atoms with van der Waals surface area (Å²) in [6.07, 6.45) is 1.57. The molecule has 0 unspecified atom stereocenters. The molecule has 0 fully saturated rings. The van der Waals surface area contributed by atoms with Gasteiger partial charge >= 0.3 is 5.97 Å². The van der Waals surface area contributed by atoms with Gasteiger partial charge in [-0.1, -0.05) is 12.1 Å². The normalized spacial score (nSPS) is 10.6. The van der Waals surface area contributed by atoms with Gasteiger partial charge in [-0.05, 0) is 12.1 Å². The zero-order chi connectivity index (χ0) is 10.1. The molecule has 0 spiro atoms. The third kappa shape index (κ3) is 1.35. The van der Waals surface area contributed by atoms with Gasteiger partial charge in [0, 0.05) is 11.6 Å². The number of carboxylic acids is 1. The van der Waals surface area contributed by atoms with E-state index in [2.05, 4.69) is 0 Å². The number of para-hydroxylation sites is 1. The van der Waals surface area contributed by atoms with Crippen molar-refractivity contribution in [3.63, 3.8) is 0 Å². The van der Waals surface area contributed by atoms with E-state index in [0.717, 1.165) is 0 Å². The maximum absolute atomic E-state index is 13.3. The molecule has 0 amide bonds. The van der Waals surface area contributed by atoms with Crippen molar-refractivity contribution >= 4 is 16.9 Å². The van der Waals surface area contributed by atoms with Gasteiger partial charge in [-0.15, -0.1) is 0 Å². The number of hydrogen-bond donors (Lipinski definition) is 1.